The van der Waals surface area contributed by atoms with Crippen LogP contribution in [0.5, 0.6) is 5.88 Å². The van der Waals surface area contributed by atoms with Crippen LogP contribution >= 0.6 is 0 Å². The molecule has 0 bridgehead atoms. The molecule has 2 rings (SSSR count). The first-order valence-corrected chi connectivity index (χ1v) is 5.04. The van der Waals surface area contributed by atoms with Gasteiger partial charge in [0.15, 0.2) is 0 Å². The Morgan fingerprint density at radius 3 is 2.87 bits per heavy atom. The third-order valence-corrected chi connectivity index (χ3v) is 2.67. The lowest BCUT2D eigenvalue weighted by molar-refractivity contribution is 0.0674. The van der Waals surface area contributed by atoms with Crippen LogP contribution in [0.4, 0.5) is 0 Å². The van der Waals surface area contributed by atoms with E-state index in [9.17, 15) is 4.79 Å². The minimum Gasteiger partial charge on any atom is -0.477 e. The Labute approximate surface area is 87.9 Å². The van der Waals surface area contributed by atoms with Gasteiger partial charge >= 0.3 is 5.97 Å². The van der Waals surface area contributed by atoms with Crippen molar-refractivity contribution in [1.82, 2.24) is 4.98 Å². The van der Waals surface area contributed by atoms with Crippen molar-refractivity contribution in [3.63, 3.8) is 0 Å². The zero-order valence-electron chi connectivity index (χ0n) is 8.56. The van der Waals surface area contributed by atoms with E-state index in [2.05, 4.69) is 4.98 Å². The highest BCUT2D eigenvalue weighted by atomic mass is 16.5. The molecule has 0 saturated heterocycles. The lowest BCUT2D eigenvalue weighted by Gasteiger charge is -2.26. The van der Waals surface area contributed by atoms with Crippen LogP contribution in [-0.2, 0) is 0 Å². The zero-order valence-corrected chi connectivity index (χ0v) is 8.56. The summed E-state index contributed by atoms with van der Waals surface area (Å²) in [5, 5.41) is 9.03. The summed E-state index contributed by atoms with van der Waals surface area (Å²) >= 11 is 0. The summed E-state index contributed by atoms with van der Waals surface area (Å²) in [6, 6.07) is 1.68. The third kappa shape index (κ3) is 1.93. The van der Waals surface area contributed by atoms with E-state index in [1.807, 2.05) is 0 Å². The van der Waals surface area contributed by atoms with Crippen LogP contribution in [0.3, 0.4) is 0 Å². The molecule has 0 atom stereocenters. The molecule has 0 aliphatic heterocycles. The molecule has 0 unspecified atom stereocenters. The summed E-state index contributed by atoms with van der Waals surface area (Å²) in [7, 11) is 0. The molecule has 1 saturated carbocycles. The number of ether oxygens (including phenoxy) is 1. The lowest BCUT2D eigenvalue weighted by Crippen LogP contribution is -2.26. The van der Waals surface area contributed by atoms with Crippen molar-refractivity contribution >= 4 is 5.97 Å². The Morgan fingerprint density at radius 1 is 1.60 bits per heavy atom. The predicted octanol–water partition coefficient (Wildman–Crippen LogP) is 2.02. The molecule has 1 aliphatic rings. The number of hydrogen-bond donors (Lipinski definition) is 1. The Hall–Kier alpha value is -1.58. The van der Waals surface area contributed by atoms with Crippen molar-refractivity contribution < 1.29 is 14.6 Å². The standard InChI is InChI=1S/C11H13NO3/c1-7-5-6-12-10(9(7)11(13)14)15-8-3-2-4-8/h5-6,8H,2-4H2,1H3,(H,13,14). The molecule has 1 aromatic rings. The molecule has 1 aliphatic carbocycles. The molecular weight excluding hydrogens is 194 g/mol. The Morgan fingerprint density at radius 2 is 2.33 bits per heavy atom. The van der Waals surface area contributed by atoms with Crippen LogP contribution in [0.1, 0.15) is 35.2 Å². The van der Waals surface area contributed by atoms with Crippen molar-refractivity contribution in [3.05, 3.63) is 23.4 Å². The molecule has 1 aromatic heterocycles. The Kier molecular flexibility index (Phi) is 2.58. The first-order chi connectivity index (χ1) is 7.18. The molecule has 1 fully saturated rings. The van der Waals surface area contributed by atoms with Crippen molar-refractivity contribution in [2.45, 2.75) is 32.3 Å². The summed E-state index contributed by atoms with van der Waals surface area (Å²) in [6.45, 7) is 1.75. The van der Waals surface area contributed by atoms with Gasteiger partial charge in [0.2, 0.25) is 5.88 Å². The first-order valence-electron chi connectivity index (χ1n) is 5.04. The fourth-order valence-electron chi connectivity index (χ4n) is 1.53. The fourth-order valence-corrected chi connectivity index (χ4v) is 1.53. The van der Waals surface area contributed by atoms with Gasteiger partial charge in [0.05, 0.1) is 0 Å². The molecule has 0 amide bonds. The number of nitrogens with zero attached hydrogens (tertiary/aromatic N) is 1. The molecule has 4 heteroatoms. The van der Waals surface area contributed by atoms with Gasteiger partial charge in [-0.3, -0.25) is 0 Å². The van der Waals surface area contributed by atoms with E-state index in [1.165, 1.54) is 0 Å². The van der Waals surface area contributed by atoms with Gasteiger partial charge in [-0.2, -0.15) is 0 Å². The monoisotopic (exact) mass is 207 g/mol. The van der Waals surface area contributed by atoms with Gasteiger partial charge in [0.25, 0.3) is 0 Å². The summed E-state index contributed by atoms with van der Waals surface area (Å²) in [6.07, 6.45) is 4.87. The number of carboxylic acid groups (broad SMARTS) is 1. The molecule has 0 aromatic carbocycles. The maximum Gasteiger partial charge on any atom is 0.341 e. The number of rotatable bonds is 3. The SMILES string of the molecule is Cc1ccnc(OC2CCC2)c1C(=O)O. The second-order valence-corrected chi connectivity index (χ2v) is 3.78. The number of aryl methyl sites for hydroxylation is 1. The molecule has 1 N–H and O–H groups in total. The van der Waals surface area contributed by atoms with Crippen LogP contribution < -0.4 is 4.74 Å². The normalized spacial score (nSPS) is 15.8. The summed E-state index contributed by atoms with van der Waals surface area (Å²) < 4.78 is 5.53. The van der Waals surface area contributed by atoms with Gasteiger partial charge in [-0.15, -0.1) is 0 Å². The van der Waals surface area contributed by atoms with Gasteiger partial charge in [0, 0.05) is 6.20 Å². The highest BCUT2D eigenvalue weighted by Gasteiger charge is 2.23. The summed E-state index contributed by atoms with van der Waals surface area (Å²) in [5.41, 5.74) is 0.872. The molecular formula is C11H13NO3. The summed E-state index contributed by atoms with van der Waals surface area (Å²) in [5.74, 6) is -0.720. The van der Waals surface area contributed by atoms with E-state index in [1.54, 1.807) is 19.2 Å². The van der Waals surface area contributed by atoms with Crippen LogP contribution in [-0.4, -0.2) is 22.2 Å². The van der Waals surface area contributed by atoms with Gasteiger partial charge in [-0.1, -0.05) is 0 Å². The average Bonchev–Trinajstić information content (AvgIpc) is 2.10. The second kappa shape index (κ2) is 3.88. The highest BCUT2D eigenvalue weighted by Crippen LogP contribution is 2.27. The zero-order chi connectivity index (χ0) is 10.8. The van der Waals surface area contributed by atoms with Crippen LogP contribution in [0.15, 0.2) is 12.3 Å². The maximum absolute atomic E-state index is 11.0. The minimum absolute atomic E-state index is 0.150. The van der Waals surface area contributed by atoms with E-state index in [0.717, 1.165) is 19.3 Å². The smallest absolute Gasteiger partial charge is 0.341 e. The number of pyridine rings is 1. The van der Waals surface area contributed by atoms with Gasteiger partial charge in [0.1, 0.15) is 11.7 Å². The number of aromatic carboxylic acids is 1. The second-order valence-electron chi connectivity index (χ2n) is 3.78. The van der Waals surface area contributed by atoms with Crippen LogP contribution in [0.2, 0.25) is 0 Å². The van der Waals surface area contributed by atoms with E-state index < -0.39 is 5.97 Å². The first kappa shape index (κ1) is 9.96. The topological polar surface area (TPSA) is 59.4 Å². The number of carbonyl (C=O) groups is 1. The number of aromatic nitrogens is 1. The average molecular weight is 207 g/mol. The largest absolute Gasteiger partial charge is 0.477 e. The van der Waals surface area contributed by atoms with Crippen molar-refractivity contribution in [2.24, 2.45) is 0 Å². The van der Waals surface area contributed by atoms with Crippen molar-refractivity contribution in [3.8, 4) is 5.88 Å². The van der Waals surface area contributed by atoms with E-state index in [4.69, 9.17) is 9.84 Å². The molecule has 1 heterocycles. The van der Waals surface area contributed by atoms with Crippen LogP contribution in [0, 0.1) is 6.92 Å². The molecule has 0 spiro atoms. The third-order valence-electron chi connectivity index (χ3n) is 2.67. The predicted molar refractivity (Wildman–Crippen MR) is 54.2 cm³/mol. The molecule has 80 valence electrons. The van der Waals surface area contributed by atoms with Gasteiger partial charge in [-0.05, 0) is 37.8 Å². The van der Waals surface area contributed by atoms with Gasteiger partial charge in [-0.25, -0.2) is 9.78 Å². The Balaban J connectivity index is 2.27. The van der Waals surface area contributed by atoms with E-state index in [-0.39, 0.29) is 17.5 Å². The fraction of sp³-hybridized carbons (Fsp3) is 0.455. The van der Waals surface area contributed by atoms with E-state index >= 15 is 0 Å². The quantitative estimate of drug-likeness (QED) is 0.823. The maximum atomic E-state index is 11.0. The summed E-state index contributed by atoms with van der Waals surface area (Å²) in [4.78, 5) is 15.0. The minimum atomic E-state index is -0.977. The highest BCUT2D eigenvalue weighted by molar-refractivity contribution is 5.91. The van der Waals surface area contributed by atoms with Crippen LogP contribution in [0.25, 0.3) is 0 Å². The van der Waals surface area contributed by atoms with Crippen molar-refractivity contribution in [1.29, 1.82) is 0 Å². The number of hydrogen-bond acceptors (Lipinski definition) is 3. The molecule has 0 radical (unpaired) electrons. The Bertz CT molecular complexity index is 385. The van der Waals surface area contributed by atoms with Gasteiger partial charge < -0.3 is 9.84 Å². The van der Waals surface area contributed by atoms with Crippen molar-refractivity contribution in [2.75, 3.05) is 0 Å². The number of carboxylic acids is 1. The van der Waals surface area contributed by atoms with E-state index in [0.29, 0.717) is 5.56 Å². The molecule has 15 heavy (non-hydrogen) atoms. The lowest BCUT2D eigenvalue weighted by atomic mass is 9.96. The molecule has 4 nitrogen and oxygen atoms in total.